The Labute approximate surface area is 113 Å². The van der Waals surface area contributed by atoms with Crippen molar-refractivity contribution in [3.8, 4) is 17.6 Å². The van der Waals surface area contributed by atoms with Crippen molar-refractivity contribution in [1.29, 1.82) is 0 Å². The number of aliphatic hydroxyl groups is 1. The van der Waals surface area contributed by atoms with Crippen LogP contribution in [0, 0.1) is 17.7 Å². The van der Waals surface area contributed by atoms with Gasteiger partial charge in [-0.3, -0.25) is 4.74 Å². The molecular weight excluding hydrogens is 280 g/mol. The molecule has 0 radical (unpaired) electrons. The smallest absolute Gasteiger partial charge is 0.491 e. The van der Waals surface area contributed by atoms with Gasteiger partial charge in [0.05, 0.1) is 13.2 Å². The van der Waals surface area contributed by atoms with Gasteiger partial charge in [0.15, 0.2) is 0 Å². The average Bonchev–Trinajstić information content (AvgIpc) is 2.33. The number of halogens is 4. The summed E-state index contributed by atoms with van der Waals surface area (Å²) in [5.41, 5.74) is 0.310. The molecule has 0 atom stereocenters. The summed E-state index contributed by atoms with van der Waals surface area (Å²) in [6.45, 7) is -1.17. The summed E-state index contributed by atoms with van der Waals surface area (Å²) in [6.07, 6.45) is -4.47. The van der Waals surface area contributed by atoms with Crippen LogP contribution in [0.25, 0.3) is 0 Å². The first-order chi connectivity index (χ1) is 9.40. The van der Waals surface area contributed by atoms with E-state index in [4.69, 9.17) is 9.84 Å². The standard InChI is InChI=1S/C13H12F4O3/c14-11-7-10(3-1-2-4-18)8-12(9-11)19-5-6-20-13(15,16)17/h7-9,18H,2,4-6H2. The zero-order valence-corrected chi connectivity index (χ0v) is 10.3. The number of ether oxygens (including phenoxy) is 2. The molecule has 0 aliphatic heterocycles. The lowest BCUT2D eigenvalue weighted by Gasteiger charge is -2.09. The van der Waals surface area contributed by atoms with Gasteiger partial charge in [0.25, 0.3) is 0 Å². The fourth-order valence-corrected chi connectivity index (χ4v) is 1.26. The van der Waals surface area contributed by atoms with Crippen LogP contribution in [0.4, 0.5) is 17.6 Å². The van der Waals surface area contributed by atoms with Crippen molar-refractivity contribution in [2.75, 3.05) is 19.8 Å². The molecular formula is C13H12F4O3. The van der Waals surface area contributed by atoms with Crippen LogP contribution in [0.5, 0.6) is 5.75 Å². The van der Waals surface area contributed by atoms with Gasteiger partial charge in [-0.2, -0.15) is 0 Å². The third kappa shape index (κ3) is 6.97. The molecule has 0 aliphatic rings. The van der Waals surface area contributed by atoms with Crippen molar-refractivity contribution in [2.24, 2.45) is 0 Å². The lowest BCUT2D eigenvalue weighted by Crippen LogP contribution is -2.18. The van der Waals surface area contributed by atoms with Crippen LogP contribution in [0.1, 0.15) is 12.0 Å². The van der Waals surface area contributed by atoms with Crippen molar-refractivity contribution in [2.45, 2.75) is 12.8 Å². The van der Waals surface area contributed by atoms with Gasteiger partial charge in [0.1, 0.15) is 18.2 Å². The van der Waals surface area contributed by atoms with Crippen molar-refractivity contribution in [3.05, 3.63) is 29.6 Å². The maximum Gasteiger partial charge on any atom is 0.522 e. The molecule has 0 amide bonds. The topological polar surface area (TPSA) is 38.7 Å². The first-order valence-electron chi connectivity index (χ1n) is 5.64. The molecule has 0 bridgehead atoms. The second-order valence-electron chi connectivity index (χ2n) is 3.59. The quantitative estimate of drug-likeness (QED) is 0.515. The second kappa shape index (κ2) is 7.72. The molecule has 0 unspecified atom stereocenters. The van der Waals surface area contributed by atoms with E-state index in [-0.39, 0.29) is 25.4 Å². The Hall–Kier alpha value is -1.78. The fourth-order valence-electron chi connectivity index (χ4n) is 1.26. The number of aliphatic hydroxyl groups excluding tert-OH is 1. The van der Waals surface area contributed by atoms with Crippen LogP contribution >= 0.6 is 0 Å². The van der Waals surface area contributed by atoms with E-state index in [9.17, 15) is 17.6 Å². The van der Waals surface area contributed by atoms with Gasteiger partial charge in [0.2, 0.25) is 0 Å². The Balaban J connectivity index is 2.56. The van der Waals surface area contributed by atoms with Crippen molar-refractivity contribution >= 4 is 0 Å². The minimum Gasteiger partial charge on any atom is -0.491 e. The van der Waals surface area contributed by atoms with E-state index in [1.807, 2.05) is 0 Å². The van der Waals surface area contributed by atoms with Gasteiger partial charge in [-0.15, -0.1) is 13.2 Å². The summed E-state index contributed by atoms with van der Waals surface area (Å²) in [4.78, 5) is 0. The molecule has 3 nitrogen and oxygen atoms in total. The summed E-state index contributed by atoms with van der Waals surface area (Å²) < 4.78 is 56.8. The summed E-state index contributed by atoms with van der Waals surface area (Å²) in [5.74, 6) is 4.64. The van der Waals surface area contributed by atoms with Gasteiger partial charge in [-0.25, -0.2) is 4.39 Å². The number of hydrogen-bond donors (Lipinski definition) is 1. The van der Waals surface area contributed by atoms with Crippen LogP contribution in [-0.2, 0) is 4.74 Å². The van der Waals surface area contributed by atoms with Crippen LogP contribution in [0.2, 0.25) is 0 Å². The largest absolute Gasteiger partial charge is 0.522 e. The molecule has 1 aromatic rings. The molecule has 1 rings (SSSR count). The van der Waals surface area contributed by atoms with Gasteiger partial charge in [-0.05, 0) is 12.1 Å². The number of benzene rings is 1. The van der Waals surface area contributed by atoms with E-state index in [0.29, 0.717) is 5.56 Å². The van der Waals surface area contributed by atoms with Crippen LogP contribution in [0.3, 0.4) is 0 Å². The van der Waals surface area contributed by atoms with E-state index in [0.717, 1.165) is 12.1 Å². The maximum absolute atomic E-state index is 13.2. The molecule has 0 spiro atoms. The van der Waals surface area contributed by atoms with E-state index < -0.39 is 18.8 Å². The first-order valence-corrected chi connectivity index (χ1v) is 5.64. The lowest BCUT2D eigenvalue weighted by molar-refractivity contribution is -0.325. The van der Waals surface area contributed by atoms with E-state index in [1.54, 1.807) is 0 Å². The highest BCUT2D eigenvalue weighted by Crippen LogP contribution is 2.18. The van der Waals surface area contributed by atoms with E-state index in [2.05, 4.69) is 16.6 Å². The monoisotopic (exact) mass is 292 g/mol. The molecule has 0 saturated carbocycles. The first kappa shape index (κ1) is 16.3. The van der Waals surface area contributed by atoms with Crippen LogP contribution in [-0.4, -0.2) is 31.3 Å². The van der Waals surface area contributed by atoms with Crippen molar-refractivity contribution in [1.82, 2.24) is 0 Å². The summed E-state index contributed by atoms with van der Waals surface area (Å²) in [7, 11) is 0. The van der Waals surface area contributed by atoms with Crippen LogP contribution in [0.15, 0.2) is 18.2 Å². The molecule has 110 valence electrons. The Bertz CT molecular complexity index is 489. The summed E-state index contributed by atoms with van der Waals surface area (Å²) >= 11 is 0. The predicted molar refractivity (Wildman–Crippen MR) is 62.5 cm³/mol. The number of alkyl halides is 3. The molecule has 0 saturated heterocycles. The maximum atomic E-state index is 13.2. The highest BCUT2D eigenvalue weighted by Gasteiger charge is 2.28. The van der Waals surface area contributed by atoms with Gasteiger partial charge < -0.3 is 9.84 Å². The Morgan fingerprint density at radius 1 is 1.15 bits per heavy atom. The molecule has 0 heterocycles. The summed E-state index contributed by atoms with van der Waals surface area (Å²) in [6, 6.07) is 3.58. The highest BCUT2D eigenvalue weighted by atomic mass is 19.4. The molecule has 0 fully saturated rings. The normalized spacial score (nSPS) is 10.8. The highest BCUT2D eigenvalue weighted by molar-refractivity contribution is 5.40. The van der Waals surface area contributed by atoms with Gasteiger partial charge in [0, 0.05) is 18.1 Å². The molecule has 1 N–H and O–H groups in total. The Morgan fingerprint density at radius 3 is 2.55 bits per heavy atom. The van der Waals surface area contributed by atoms with Gasteiger partial charge >= 0.3 is 6.36 Å². The second-order valence-corrected chi connectivity index (χ2v) is 3.59. The third-order valence-electron chi connectivity index (χ3n) is 1.96. The van der Waals surface area contributed by atoms with Crippen LogP contribution < -0.4 is 4.74 Å². The SMILES string of the molecule is OCCC#Cc1cc(F)cc(OCCOC(F)(F)F)c1. The summed E-state index contributed by atoms with van der Waals surface area (Å²) in [5, 5.41) is 8.56. The molecule has 20 heavy (non-hydrogen) atoms. The third-order valence-corrected chi connectivity index (χ3v) is 1.96. The number of rotatable bonds is 5. The lowest BCUT2D eigenvalue weighted by atomic mass is 10.2. The van der Waals surface area contributed by atoms with Gasteiger partial charge in [-0.1, -0.05) is 11.8 Å². The average molecular weight is 292 g/mol. The number of hydrogen-bond acceptors (Lipinski definition) is 3. The van der Waals surface area contributed by atoms with Crippen molar-refractivity contribution < 1.29 is 32.1 Å². The molecule has 1 aromatic carbocycles. The zero-order chi connectivity index (χ0) is 15.0. The minimum absolute atomic E-state index is 0.0593. The molecule has 0 aliphatic carbocycles. The van der Waals surface area contributed by atoms with Crippen molar-refractivity contribution in [3.63, 3.8) is 0 Å². The molecule has 0 aromatic heterocycles. The van der Waals surface area contributed by atoms with E-state index >= 15 is 0 Å². The zero-order valence-electron chi connectivity index (χ0n) is 10.3. The Morgan fingerprint density at radius 2 is 1.90 bits per heavy atom. The minimum atomic E-state index is -4.72. The predicted octanol–water partition coefficient (Wildman–Crippen LogP) is 2.47. The molecule has 7 heteroatoms. The Kier molecular flexibility index (Phi) is 6.28. The fraction of sp³-hybridized carbons (Fsp3) is 0.385. The van der Waals surface area contributed by atoms with E-state index in [1.165, 1.54) is 6.07 Å².